The van der Waals surface area contributed by atoms with Crippen molar-refractivity contribution >= 4 is 26.7 Å². The van der Waals surface area contributed by atoms with Crippen molar-refractivity contribution in [1.29, 1.82) is 0 Å². The molecule has 0 fully saturated rings. The number of aliphatic hydroxyl groups excluding tert-OH is 1. The molecule has 3 aromatic rings. The molecule has 26 heavy (non-hydrogen) atoms. The molecule has 0 unspecified atom stereocenters. The van der Waals surface area contributed by atoms with E-state index >= 15 is 0 Å². The van der Waals surface area contributed by atoms with Crippen LogP contribution >= 0.6 is 15.9 Å². The van der Waals surface area contributed by atoms with Crippen LogP contribution in [0.3, 0.4) is 0 Å². The van der Waals surface area contributed by atoms with E-state index in [9.17, 15) is 9.90 Å². The monoisotopic (exact) mass is 413 g/mol. The zero-order valence-corrected chi connectivity index (χ0v) is 15.9. The Bertz CT molecular complexity index is 1000. The first-order valence-electron chi connectivity index (χ1n) is 8.73. The van der Waals surface area contributed by atoms with Crippen molar-refractivity contribution in [2.24, 2.45) is 0 Å². The highest BCUT2D eigenvalue weighted by atomic mass is 79.9. The summed E-state index contributed by atoms with van der Waals surface area (Å²) >= 11 is 3.40. The minimum atomic E-state index is -0.640. The Balaban J connectivity index is 1.46. The lowest BCUT2D eigenvalue weighted by atomic mass is 10.00. The molecule has 1 atom stereocenters. The number of aromatic nitrogens is 2. The van der Waals surface area contributed by atoms with Gasteiger partial charge < -0.3 is 5.11 Å². The summed E-state index contributed by atoms with van der Waals surface area (Å²) in [5, 5.41) is 16.1. The maximum atomic E-state index is 12.6. The van der Waals surface area contributed by atoms with Crippen molar-refractivity contribution in [1.82, 2.24) is 14.7 Å². The van der Waals surface area contributed by atoms with Crippen LogP contribution in [0.25, 0.3) is 10.8 Å². The predicted molar refractivity (Wildman–Crippen MR) is 105 cm³/mol. The zero-order valence-electron chi connectivity index (χ0n) is 14.3. The molecule has 0 saturated heterocycles. The number of β-amino-alcohol motifs (C(OH)–C–C–N with tert-alkyl or cyclic N) is 1. The van der Waals surface area contributed by atoms with Crippen LogP contribution in [0.15, 0.2) is 57.9 Å². The van der Waals surface area contributed by atoms with Crippen molar-refractivity contribution < 1.29 is 5.11 Å². The Morgan fingerprint density at radius 2 is 1.96 bits per heavy atom. The van der Waals surface area contributed by atoms with Gasteiger partial charge in [-0.3, -0.25) is 9.69 Å². The summed E-state index contributed by atoms with van der Waals surface area (Å²) in [5.41, 5.74) is 2.53. The highest BCUT2D eigenvalue weighted by Gasteiger charge is 2.19. The van der Waals surface area contributed by atoms with Gasteiger partial charge in [-0.2, -0.15) is 5.10 Å². The van der Waals surface area contributed by atoms with Crippen LogP contribution in [0, 0.1) is 0 Å². The first-order valence-corrected chi connectivity index (χ1v) is 9.52. The molecular weight excluding hydrogens is 394 g/mol. The summed E-state index contributed by atoms with van der Waals surface area (Å²) in [4.78, 5) is 14.8. The second-order valence-corrected chi connectivity index (χ2v) is 7.69. The first-order chi connectivity index (χ1) is 12.6. The van der Waals surface area contributed by atoms with Crippen molar-refractivity contribution in [3.8, 4) is 0 Å². The predicted octanol–water partition coefficient (Wildman–Crippen LogP) is 2.58. The summed E-state index contributed by atoms with van der Waals surface area (Å²) in [6.45, 7) is 2.48. The Kier molecular flexibility index (Phi) is 4.89. The normalized spacial score (nSPS) is 15.8. The molecule has 0 radical (unpaired) electrons. The number of fused-ring (bicyclic) bond motifs is 2. The lowest BCUT2D eigenvalue weighted by molar-refractivity contribution is 0.0878. The average molecular weight is 414 g/mol. The van der Waals surface area contributed by atoms with Crippen molar-refractivity contribution in [3.05, 3.63) is 74.6 Å². The van der Waals surface area contributed by atoms with Crippen LogP contribution in [0.2, 0.25) is 0 Å². The molecule has 6 heteroatoms. The quantitative estimate of drug-likeness (QED) is 0.713. The van der Waals surface area contributed by atoms with Gasteiger partial charge in [-0.15, -0.1) is 0 Å². The molecule has 2 aromatic carbocycles. The Morgan fingerprint density at radius 1 is 1.15 bits per heavy atom. The van der Waals surface area contributed by atoms with Gasteiger partial charge in [-0.25, -0.2) is 4.68 Å². The minimum absolute atomic E-state index is 0.168. The van der Waals surface area contributed by atoms with Crippen LogP contribution in [0.4, 0.5) is 0 Å². The van der Waals surface area contributed by atoms with Gasteiger partial charge in [0.05, 0.1) is 24.2 Å². The van der Waals surface area contributed by atoms with E-state index in [0.29, 0.717) is 11.9 Å². The number of nitrogens with zero attached hydrogens (tertiary/aromatic N) is 3. The molecule has 1 aliphatic heterocycles. The minimum Gasteiger partial charge on any atom is -0.390 e. The summed E-state index contributed by atoms with van der Waals surface area (Å²) in [5.74, 6) is 0. The topological polar surface area (TPSA) is 58.4 Å². The molecule has 1 aromatic heterocycles. The van der Waals surface area contributed by atoms with Gasteiger partial charge in [0.1, 0.15) is 0 Å². The van der Waals surface area contributed by atoms with Gasteiger partial charge in [-0.1, -0.05) is 40.2 Å². The van der Waals surface area contributed by atoms with Crippen molar-refractivity contribution in [2.75, 3.05) is 13.1 Å². The summed E-state index contributed by atoms with van der Waals surface area (Å²) < 4.78 is 2.27. The van der Waals surface area contributed by atoms with E-state index < -0.39 is 6.10 Å². The Labute approximate surface area is 160 Å². The smallest absolute Gasteiger partial charge is 0.274 e. The number of hydrogen-bond acceptors (Lipinski definition) is 4. The molecular formula is C20H20BrN3O2. The lowest BCUT2D eigenvalue weighted by Crippen LogP contribution is -2.40. The highest BCUT2D eigenvalue weighted by molar-refractivity contribution is 9.10. The second-order valence-electron chi connectivity index (χ2n) is 6.77. The largest absolute Gasteiger partial charge is 0.390 e. The van der Waals surface area contributed by atoms with Gasteiger partial charge in [-0.05, 0) is 35.7 Å². The van der Waals surface area contributed by atoms with E-state index in [1.165, 1.54) is 15.8 Å². The zero-order chi connectivity index (χ0) is 18.1. The van der Waals surface area contributed by atoms with Gasteiger partial charge in [0.15, 0.2) is 0 Å². The molecule has 0 saturated carbocycles. The maximum Gasteiger partial charge on any atom is 0.274 e. The molecule has 5 nitrogen and oxygen atoms in total. The lowest BCUT2D eigenvalue weighted by Gasteiger charge is -2.30. The van der Waals surface area contributed by atoms with Gasteiger partial charge >= 0.3 is 0 Å². The highest BCUT2D eigenvalue weighted by Crippen LogP contribution is 2.19. The van der Waals surface area contributed by atoms with E-state index in [-0.39, 0.29) is 12.1 Å². The molecule has 0 bridgehead atoms. The third-order valence-corrected chi connectivity index (χ3v) is 5.37. The third-order valence-electron chi connectivity index (χ3n) is 4.88. The van der Waals surface area contributed by atoms with Crippen molar-refractivity contribution in [3.63, 3.8) is 0 Å². The summed E-state index contributed by atoms with van der Waals surface area (Å²) in [7, 11) is 0. The fraction of sp³-hybridized carbons (Fsp3) is 0.300. The van der Waals surface area contributed by atoms with E-state index in [4.69, 9.17) is 0 Å². The molecule has 0 amide bonds. The van der Waals surface area contributed by atoms with Gasteiger partial charge in [0.25, 0.3) is 5.56 Å². The molecule has 0 aliphatic carbocycles. The molecule has 0 spiro atoms. The van der Waals surface area contributed by atoms with E-state index in [2.05, 4.69) is 50.2 Å². The van der Waals surface area contributed by atoms with Gasteiger partial charge in [0, 0.05) is 29.5 Å². The Hall–Kier alpha value is -2.02. The summed E-state index contributed by atoms with van der Waals surface area (Å²) in [6.07, 6.45) is 2.02. The number of halogens is 1. The Morgan fingerprint density at radius 3 is 2.81 bits per heavy atom. The van der Waals surface area contributed by atoms with E-state index in [1.807, 2.05) is 12.1 Å². The summed E-state index contributed by atoms with van der Waals surface area (Å²) in [6, 6.07) is 13.9. The standard InChI is InChI=1S/C20H20BrN3O2/c21-17-5-6-19-16(9-17)10-22-24(20(19)26)13-18(25)12-23-8-7-14-3-1-2-4-15(14)11-23/h1-6,9-10,18,25H,7-8,11-13H2/t18-/m1/s1. The molecule has 2 heterocycles. The van der Waals surface area contributed by atoms with Crippen LogP contribution < -0.4 is 5.56 Å². The van der Waals surface area contributed by atoms with Crippen LogP contribution in [0.1, 0.15) is 11.1 Å². The van der Waals surface area contributed by atoms with E-state index in [0.717, 1.165) is 29.4 Å². The number of aliphatic hydroxyl groups is 1. The fourth-order valence-electron chi connectivity index (χ4n) is 3.55. The van der Waals surface area contributed by atoms with Gasteiger partial charge in [0.2, 0.25) is 0 Å². The van der Waals surface area contributed by atoms with Crippen LogP contribution in [-0.4, -0.2) is 39.0 Å². The van der Waals surface area contributed by atoms with Crippen LogP contribution in [-0.2, 0) is 19.5 Å². The first kappa shape index (κ1) is 17.4. The third kappa shape index (κ3) is 3.58. The second kappa shape index (κ2) is 7.31. The maximum absolute atomic E-state index is 12.6. The van der Waals surface area contributed by atoms with Crippen molar-refractivity contribution in [2.45, 2.75) is 25.6 Å². The SMILES string of the molecule is O=c1c2ccc(Br)cc2cnn1C[C@H](O)CN1CCc2ccccc2C1. The molecule has 1 N–H and O–H groups in total. The number of rotatable bonds is 4. The van der Waals surface area contributed by atoms with Crippen LogP contribution in [0.5, 0.6) is 0 Å². The molecule has 4 rings (SSSR count). The molecule has 1 aliphatic rings. The number of benzene rings is 2. The van der Waals surface area contributed by atoms with E-state index in [1.54, 1.807) is 12.3 Å². The fourth-order valence-corrected chi connectivity index (χ4v) is 3.93. The average Bonchev–Trinajstić information content (AvgIpc) is 2.64. The molecule has 134 valence electrons. The number of hydrogen-bond donors (Lipinski definition) is 1.